The van der Waals surface area contributed by atoms with Crippen LogP contribution in [-0.4, -0.2) is 54.9 Å². The lowest BCUT2D eigenvalue weighted by atomic mass is 10.0. The van der Waals surface area contributed by atoms with Crippen LogP contribution in [0, 0.1) is 6.92 Å². The van der Waals surface area contributed by atoms with Crippen molar-refractivity contribution in [2.24, 2.45) is 16.5 Å². The predicted octanol–water partition coefficient (Wildman–Crippen LogP) is 1.74. The fourth-order valence-electron chi connectivity index (χ4n) is 2.95. The average molecular weight is 389 g/mol. The van der Waals surface area contributed by atoms with Gasteiger partial charge in [-0.25, -0.2) is 4.99 Å². The van der Waals surface area contributed by atoms with E-state index < -0.39 is 0 Å². The monoisotopic (exact) mass is 388 g/mol. The Morgan fingerprint density at radius 2 is 1.93 bits per heavy atom. The molecule has 0 aliphatic heterocycles. The molecule has 0 bridgehead atoms. The first-order valence-electron chi connectivity index (χ1n) is 9.73. The van der Waals surface area contributed by atoms with Crippen molar-refractivity contribution >= 4 is 17.1 Å². The zero-order chi connectivity index (χ0) is 20.5. The fourth-order valence-corrected chi connectivity index (χ4v) is 2.95. The van der Waals surface area contributed by atoms with Crippen LogP contribution in [0.3, 0.4) is 0 Å². The second-order valence-corrected chi connectivity index (χ2v) is 6.80. The molecule has 1 aliphatic carbocycles. The summed E-state index contributed by atoms with van der Waals surface area (Å²) in [6, 6.07) is 5.47. The lowest BCUT2D eigenvalue weighted by molar-refractivity contribution is 0.196. The van der Waals surface area contributed by atoms with Crippen molar-refractivity contribution < 1.29 is 14.9 Å². The number of aliphatic hydroxyl groups excluding tert-OH is 2. The fraction of sp³-hybridized carbons (Fsp3) is 0.476. The van der Waals surface area contributed by atoms with Crippen LogP contribution in [0.1, 0.15) is 25.3 Å². The third-order valence-electron chi connectivity index (χ3n) is 4.56. The number of hydrogen-bond acceptors (Lipinski definition) is 7. The third-order valence-corrected chi connectivity index (χ3v) is 4.56. The molecule has 7 nitrogen and oxygen atoms in total. The Labute approximate surface area is 167 Å². The molecule has 0 amide bonds. The van der Waals surface area contributed by atoms with Gasteiger partial charge in [0.25, 0.3) is 0 Å². The molecule has 0 saturated carbocycles. The Bertz CT molecular complexity index is 737. The van der Waals surface area contributed by atoms with Crippen molar-refractivity contribution in [2.45, 2.75) is 32.7 Å². The van der Waals surface area contributed by atoms with Crippen molar-refractivity contribution in [3.63, 3.8) is 0 Å². The first-order chi connectivity index (χ1) is 13.5. The van der Waals surface area contributed by atoms with Gasteiger partial charge in [0.1, 0.15) is 5.76 Å². The van der Waals surface area contributed by atoms with Crippen LogP contribution in [0.4, 0.5) is 11.4 Å². The maximum atomic E-state index is 9.22. The van der Waals surface area contributed by atoms with Gasteiger partial charge in [-0.3, -0.25) is 0 Å². The lowest BCUT2D eigenvalue weighted by Gasteiger charge is -2.24. The Hall–Kier alpha value is -2.35. The standard InChI is InChI=1S/C21H32N4O3/c1-3-4-11-28-21-14-20(17(22)13-18(21)23)24-19-6-5-16(12-15(19)2)25(7-9-26)8-10-27/h5-6,12-14,18,26-27H,3-4,7-11,22-23H2,1-2H3. The van der Waals surface area contributed by atoms with Crippen LogP contribution in [-0.2, 0) is 4.74 Å². The van der Waals surface area contributed by atoms with Gasteiger partial charge in [0.15, 0.2) is 0 Å². The van der Waals surface area contributed by atoms with Crippen LogP contribution in [0.5, 0.6) is 0 Å². The molecular weight excluding hydrogens is 356 g/mol. The molecule has 2 rings (SSSR count). The number of benzene rings is 1. The molecule has 0 heterocycles. The number of anilines is 1. The summed E-state index contributed by atoms with van der Waals surface area (Å²) in [6.07, 6.45) is 5.59. The highest BCUT2D eigenvalue weighted by Crippen LogP contribution is 2.26. The van der Waals surface area contributed by atoms with E-state index in [1.807, 2.05) is 36.1 Å². The van der Waals surface area contributed by atoms with Gasteiger partial charge >= 0.3 is 0 Å². The van der Waals surface area contributed by atoms with Gasteiger partial charge < -0.3 is 31.3 Å². The van der Waals surface area contributed by atoms with E-state index in [0.29, 0.717) is 36.9 Å². The van der Waals surface area contributed by atoms with Crippen molar-refractivity contribution in [3.8, 4) is 0 Å². The Balaban J connectivity index is 2.26. The Morgan fingerprint density at radius 3 is 2.54 bits per heavy atom. The minimum absolute atomic E-state index is 0.0241. The third kappa shape index (κ3) is 5.82. The summed E-state index contributed by atoms with van der Waals surface area (Å²) in [7, 11) is 0. The molecule has 6 N–H and O–H groups in total. The molecule has 1 aliphatic rings. The summed E-state index contributed by atoms with van der Waals surface area (Å²) in [6.45, 7) is 5.67. The van der Waals surface area contributed by atoms with Gasteiger partial charge in [0.05, 0.1) is 43.0 Å². The highest BCUT2D eigenvalue weighted by atomic mass is 16.5. The SMILES string of the molecule is CCCCOC1=CC(=Nc2ccc(N(CCO)CCO)cc2C)C(N)=CC1N. The number of aliphatic hydroxyl groups is 2. The minimum atomic E-state index is -0.357. The largest absolute Gasteiger partial charge is 0.496 e. The highest BCUT2D eigenvalue weighted by Gasteiger charge is 2.18. The molecule has 1 aromatic rings. The smallest absolute Gasteiger partial charge is 0.119 e. The second kappa shape index (κ2) is 10.8. The number of allylic oxidation sites excluding steroid dienone is 1. The molecule has 0 spiro atoms. The number of unbranched alkanes of at least 4 members (excludes halogenated alkanes) is 1. The molecule has 1 atom stereocenters. The number of aliphatic imine (C=N–C) groups is 1. The van der Waals surface area contributed by atoms with E-state index in [2.05, 4.69) is 6.92 Å². The van der Waals surface area contributed by atoms with Crippen molar-refractivity contribution in [1.29, 1.82) is 0 Å². The van der Waals surface area contributed by atoms with E-state index in [1.165, 1.54) is 0 Å². The van der Waals surface area contributed by atoms with Gasteiger partial charge in [0.2, 0.25) is 0 Å². The first-order valence-corrected chi connectivity index (χ1v) is 9.73. The number of aryl methyl sites for hydroxylation is 1. The summed E-state index contributed by atoms with van der Waals surface area (Å²) in [4.78, 5) is 6.63. The van der Waals surface area contributed by atoms with Crippen LogP contribution < -0.4 is 16.4 Å². The molecule has 1 aromatic carbocycles. The van der Waals surface area contributed by atoms with E-state index in [-0.39, 0.29) is 19.3 Å². The summed E-state index contributed by atoms with van der Waals surface area (Å²) < 4.78 is 5.79. The molecule has 0 saturated heterocycles. The van der Waals surface area contributed by atoms with E-state index >= 15 is 0 Å². The van der Waals surface area contributed by atoms with Gasteiger partial charge in [-0.1, -0.05) is 13.3 Å². The Kier molecular flexibility index (Phi) is 8.50. The molecule has 0 aromatic heterocycles. The minimum Gasteiger partial charge on any atom is -0.496 e. The number of ether oxygens (including phenoxy) is 1. The second-order valence-electron chi connectivity index (χ2n) is 6.80. The summed E-state index contributed by atoms with van der Waals surface area (Å²) in [5.41, 5.74) is 16.1. The molecule has 28 heavy (non-hydrogen) atoms. The van der Waals surface area contributed by atoms with Gasteiger partial charge in [-0.05, 0) is 43.2 Å². The maximum Gasteiger partial charge on any atom is 0.119 e. The predicted molar refractivity (Wildman–Crippen MR) is 114 cm³/mol. The van der Waals surface area contributed by atoms with Gasteiger partial charge in [-0.2, -0.15) is 0 Å². The van der Waals surface area contributed by atoms with E-state index in [9.17, 15) is 10.2 Å². The van der Waals surface area contributed by atoms with Crippen molar-refractivity contribution in [1.82, 2.24) is 0 Å². The van der Waals surface area contributed by atoms with E-state index in [0.717, 1.165) is 29.8 Å². The first kappa shape index (κ1) is 21.9. The molecule has 154 valence electrons. The zero-order valence-electron chi connectivity index (χ0n) is 16.8. The van der Waals surface area contributed by atoms with Gasteiger partial charge in [0, 0.05) is 24.9 Å². The number of nitrogens with zero attached hydrogens (tertiary/aromatic N) is 2. The van der Waals surface area contributed by atoms with Crippen LogP contribution in [0.25, 0.3) is 0 Å². The normalized spacial score (nSPS) is 18.0. The Morgan fingerprint density at radius 1 is 1.21 bits per heavy atom. The summed E-state index contributed by atoms with van der Waals surface area (Å²) in [5, 5.41) is 18.4. The zero-order valence-corrected chi connectivity index (χ0v) is 16.8. The molecular formula is C21H32N4O3. The average Bonchev–Trinajstić information content (AvgIpc) is 2.66. The molecule has 0 fully saturated rings. The number of nitrogens with two attached hydrogens (primary N) is 2. The topological polar surface area (TPSA) is 117 Å². The van der Waals surface area contributed by atoms with Gasteiger partial charge in [-0.15, -0.1) is 0 Å². The van der Waals surface area contributed by atoms with Crippen LogP contribution in [0.15, 0.2) is 46.8 Å². The quantitative estimate of drug-likeness (QED) is 0.454. The van der Waals surface area contributed by atoms with E-state index in [1.54, 1.807) is 6.08 Å². The van der Waals surface area contributed by atoms with Crippen LogP contribution in [0.2, 0.25) is 0 Å². The van der Waals surface area contributed by atoms with Crippen molar-refractivity contribution in [2.75, 3.05) is 37.8 Å². The highest BCUT2D eigenvalue weighted by molar-refractivity contribution is 6.10. The van der Waals surface area contributed by atoms with Crippen molar-refractivity contribution in [3.05, 3.63) is 47.4 Å². The lowest BCUT2D eigenvalue weighted by Crippen LogP contribution is -2.30. The summed E-state index contributed by atoms with van der Waals surface area (Å²) >= 11 is 0. The number of hydrogen-bond donors (Lipinski definition) is 4. The molecule has 0 radical (unpaired) electrons. The van der Waals surface area contributed by atoms with E-state index in [4.69, 9.17) is 21.2 Å². The van der Waals surface area contributed by atoms with Crippen LogP contribution >= 0.6 is 0 Å². The molecule has 1 unspecified atom stereocenters. The summed E-state index contributed by atoms with van der Waals surface area (Å²) in [5.74, 6) is 0.674. The molecule has 7 heteroatoms. The number of rotatable bonds is 10. The maximum absolute atomic E-state index is 9.22.